The first-order chi connectivity index (χ1) is 14.2. The average molecular weight is 422 g/mol. The summed E-state index contributed by atoms with van der Waals surface area (Å²) < 4.78 is 44.3. The summed E-state index contributed by atoms with van der Waals surface area (Å²) in [5.74, 6) is 0.356. The number of nitrogens with one attached hydrogen (secondary N) is 2. The quantitative estimate of drug-likeness (QED) is 0.319. The zero-order valence-corrected chi connectivity index (χ0v) is 16.2. The first-order valence-electron chi connectivity index (χ1n) is 8.73. The van der Waals surface area contributed by atoms with Gasteiger partial charge in [0, 0.05) is 6.08 Å². The van der Waals surface area contributed by atoms with Crippen LogP contribution in [0.5, 0.6) is 0 Å². The van der Waals surface area contributed by atoms with E-state index in [-0.39, 0.29) is 17.4 Å². The molecular weight excluding hydrogens is 401 g/mol. The number of halogens is 3. The van der Waals surface area contributed by atoms with Crippen LogP contribution >= 0.6 is 0 Å². The highest BCUT2D eigenvalue weighted by molar-refractivity contribution is 5.79. The highest BCUT2D eigenvalue weighted by Gasteiger charge is 2.36. The Bertz CT molecular complexity index is 960. The predicted molar refractivity (Wildman–Crippen MR) is 107 cm³/mol. The molecule has 1 aliphatic heterocycles. The van der Waals surface area contributed by atoms with Gasteiger partial charge in [-0.2, -0.15) is 13.2 Å². The van der Waals surface area contributed by atoms with Gasteiger partial charge in [-0.25, -0.2) is 0 Å². The van der Waals surface area contributed by atoms with Crippen LogP contribution in [0.3, 0.4) is 0 Å². The summed E-state index contributed by atoms with van der Waals surface area (Å²) in [6.07, 6.45) is -0.628. The molecule has 30 heavy (non-hydrogen) atoms. The number of pyridine rings is 1. The first-order valence-corrected chi connectivity index (χ1v) is 8.73. The summed E-state index contributed by atoms with van der Waals surface area (Å²) in [5, 5.41) is 3.06. The number of alkyl halides is 3. The van der Waals surface area contributed by atoms with Crippen LogP contribution in [0.2, 0.25) is 0 Å². The number of nitrogens with two attached hydrogens (primary N) is 2. The standard InChI is InChI=1S/C19H21F3N6O2/c1-29-17(24)8-7-16(23)28-15-6-3-11(19(20,21)22)9-14(15)26-18(28)13-5-4-12(10-25-13)27-30-2/h3-10,18,26-27H,23-24H2,1-2H3/b16-7+,17-8+. The summed E-state index contributed by atoms with van der Waals surface area (Å²) in [6.45, 7) is 0. The fraction of sp³-hybridized carbons (Fsp3) is 0.211. The maximum atomic E-state index is 13.2. The first kappa shape index (κ1) is 21.1. The molecule has 160 valence electrons. The minimum atomic E-state index is -4.47. The van der Waals surface area contributed by atoms with Crippen molar-refractivity contribution in [1.29, 1.82) is 0 Å². The molecule has 0 saturated carbocycles. The molecule has 0 saturated heterocycles. The molecule has 1 unspecified atom stereocenters. The SMILES string of the molecule is CONc1ccc(C2Nc3cc(C(F)(F)F)ccc3N2/C(N)=C/C=C(\N)OC)nc1. The van der Waals surface area contributed by atoms with Crippen LogP contribution in [0.25, 0.3) is 0 Å². The molecule has 0 spiro atoms. The largest absolute Gasteiger partial charge is 0.483 e. The molecule has 0 aliphatic carbocycles. The van der Waals surface area contributed by atoms with Gasteiger partial charge < -0.3 is 21.5 Å². The van der Waals surface area contributed by atoms with Crippen LogP contribution in [0, 0.1) is 0 Å². The van der Waals surface area contributed by atoms with Gasteiger partial charge in [0.15, 0.2) is 5.88 Å². The molecule has 0 bridgehead atoms. The van der Waals surface area contributed by atoms with Crippen LogP contribution < -0.4 is 27.2 Å². The zero-order valence-electron chi connectivity index (χ0n) is 16.2. The Morgan fingerprint density at radius 2 is 1.97 bits per heavy atom. The third-order valence-corrected chi connectivity index (χ3v) is 4.35. The number of benzene rings is 1. The summed E-state index contributed by atoms with van der Waals surface area (Å²) >= 11 is 0. The molecule has 6 N–H and O–H groups in total. The van der Waals surface area contributed by atoms with E-state index in [1.807, 2.05) is 0 Å². The van der Waals surface area contributed by atoms with Crippen molar-refractivity contribution in [2.45, 2.75) is 12.3 Å². The number of methoxy groups -OCH3 is 1. The third-order valence-electron chi connectivity index (χ3n) is 4.35. The van der Waals surface area contributed by atoms with Gasteiger partial charge in [0.05, 0.1) is 48.7 Å². The average Bonchev–Trinajstić information content (AvgIpc) is 3.10. The Kier molecular flexibility index (Phi) is 5.92. The molecule has 2 aromatic rings. The number of allylic oxidation sites excluding steroid dienone is 2. The minimum absolute atomic E-state index is 0.127. The van der Waals surface area contributed by atoms with E-state index in [9.17, 15) is 13.2 Å². The van der Waals surface area contributed by atoms with Crippen molar-refractivity contribution in [3.8, 4) is 0 Å². The fourth-order valence-corrected chi connectivity index (χ4v) is 2.94. The second-order valence-corrected chi connectivity index (χ2v) is 6.29. The van der Waals surface area contributed by atoms with E-state index in [1.165, 1.54) is 38.6 Å². The van der Waals surface area contributed by atoms with Gasteiger partial charge >= 0.3 is 6.18 Å². The highest BCUT2D eigenvalue weighted by Crippen LogP contribution is 2.44. The van der Waals surface area contributed by atoms with Gasteiger partial charge in [-0.1, -0.05) is 0 Å². The second kappa shape index (κ2) is 8.41. The molecule has 0 fully saturated rings. The molecular formula is C19H21F3N6O2. The topological polar surface area (TPSA) is 111 Å². The molecule has 0 radical (unpaired) electrons. The van der Waals surface area contributed by atoms with Gasteiger partial charge in [0.2, 0.25) is 0 Å². The minimum Gasteiger partial charge on any atom is -0.483 e. The number of hydrogen-bond donors (Lipinski definition) is 4. The van der Waals surface area contributed by atoms with E-state index in [2.05, 4.69) is 15.8 Å². The number of hydrogen-bond acceptors (Lipinski definition) is 8. The lowest BCUT2D eigenvalue weighted by molar-refractivity contribution is -0.137. The molecule has 8 nitrogen and oxygen atoms in total. The Labute approximate surface area is 170 Å². The molecule has 1 aromatic carbocycles. The second-order valence-electron chi connectivity index (χ2n) is 6.29. The maximum Gasteiger partial charge on any atom is 0.416 e. The van der Waals surface area contributed by atoms with Crippen LogP contribution in [-0.4, -0.2) is 19.2 Å². The van der Waals surface area contributed by atoms with E-state index in [0.717, 1.165) is 12.1 Å². The van der Waals surface area contributed by atoms with Crippen molar-refractivity contribution < 1.29 is 22.7 Å². The number of rotatable bonds is 6. The number of ether oxygens (including phenoxy) is 1. The Morgan fingerprint density at radius 1 is 1.20 bits per heavy atom. The Morgan fingerprint density at radius 3 is 2.57 bits per heavy atom. The summed E-state index contributed by atoms with van der Waals surface area (Å²) in [6, 6.07) is 6.82. The summed E-state index contributed by atoms with van der Waals surface area (Å²) in [5.41, 5.74) is 15.6. The van der Waals surface area contributed by atoms with Crippen LogP contribution in [0.4, 0.5) is 30.2 Å². The Hall–Kier alpha value is -3.60. The number of aromatic nitrogens is 1. The van der Waals surface area contributed by atoms with Gasteiger partial charge in [-0.15, -0.1) is 0 Å². The number of fused-ring (bicyclic) bond motifs is 1. The van der Waals surface area contributed by atoms with Crippen molar-refractivity contribution in [3.05, 3.63) is 71.6 Å². The predicted octanol–water partition coefficient (Wildman–Crippen LogP) is 3.25. The third kappa shape index (κ3) is 4.35. The lowest BCUT2D eigenvalue weighted by atomic mass is 10.1. The molecule has 1 aliphatic rings. The lowest BCUT2D eigenvalue weighted by Crippen LogP contribution is -2.32. The molecule has 3 rings (SSSR count). The van der Waals surface area contributed by atoms with Crippen molar-refractivity contribution in [2.24, 2.45) is 11.5 Å². The normalized spacial score (nSPS) is 16.8. The van der Waals surface area contributed by atoms with Gasteiger partial charge in [0.25, 0.3) is 0 Å². The van der Waals surface area contributed by atoms with Gasteiger partial charge in [0.1, 0.15) is 12.0 Å². The summed E-state index contributed by atoms with van der Waals surface area (Å²) in [4.78, 5) is 10.8. The van der Waals surface area contributed by atoms with Crippen LogP contribution in [0.15, 0.2) is 60.4 Å². The highest BCUT2D eigenvalue weighted by atomic mass is 19.4. The lowest BCUT2D eigenvalue weighted by Gasteiger charge is -2.26. The number of anilines is 3. The van der Waals surface area contributed by atoms with Crippen LogP contribution in [0.1, 0.15) is 17.4 Å². The fourth-order valence-electron chi connectivity index (χ4n) is 2.94. The summed E-state index contributed by atoms with van der Waals surface area (Å²) in [7, 11) is 2.87. The monoisotopic (exact) mass is 422 g/mol. The van der Waals surface area contributed by atoms with Crippen molar-refractivity contribution >= 4 is 17.1 Å². The van der Waals surface area contributed by atoms with Gasteiger partial charge in [-0.3, -0.25) is 20.2 Å². The van der Waals surface area contributed by atoms with Crippen molar-refractivity contribution in [2.75, 3.05) is 29.9 Å². The van der Waals surface area contributed by atoms with Crippen molar-refractivity contribution in [1.82, 2.24) is 4.98 Å². The van der Waals surface area contributed by atoms with Crippen molar-refractivity contribution in [3.63, 3.8) is 0 Å². The molecule has 1 atom stereocenters. The molecule has 1 aromatic heterocycles. The maximum absolute atomic E-state index is 13.2. The van der Waals surface area contributed by atoms with E-state index < -0.39 is 17.9 Å². The van der Waals surface area contributed by atoms with E-state index in [0.29, 0.717) is 17.1 Å². The Balaban J connectivity index is 2.03. The smallest absolute Gasteiger partial charge is 0.416 e. The van der Waals surface area contributed by atoms with E-state index in [1.54, 1.807) is 17.0 Å². The molecule has 0 amide bonds. The number of nitrogens with zero attached hydrogens (tertiary/aromatic N) is 2. The molecule has 2 heterocycles. The van der Waals surface area contributed by atoms with E-state index in [4.69, 9.17) is 21.0 Å². The van der Waals surface area contributed by atoms with E-state index >= 15 is 0 Å². The molecule has 11 heteroatoms. The van der Waals surface area contributed by atoms with Crippen LogP contribution in [-0.2, 0) is 15.8 Å². The van der Waals surface area contributed by atoms with Gasteiger partial charge in [-0.05, 0) is 36.4 Å². The zero-order chi connectivity index (χ0) is 21.9.